The van der Waals surface area contributed by atoms with Gasteiger partial charge in [0.2, 0.25) is 0 Å². The van der Waals surface area contributed by atoms with Crippen LogP contribution >= 0.6 is 23.2 Å². The molecule has 0 unspecified atom stereocenters. The highest BCUT2D eigenvalue weighted by molar-refractivity contribution is 6.32. The van der Waals surface area contributed by atoms with Crippen LogP contribution in [0.1, 0.15) is 5.56 Å². The molecule has 0 aliphatic rings. The quantitative estimate of drug-likeness (QED) is 0.820. The van der Waals surface area contributed by atoms with Gasteiger partial charge in [-0.05, 0) is 18.2 Å². The molecule has 0 aliphatic heterocycles. The van der Waals surface area contributed by atoms with E-state index < -0.39 is 22.7 Å². The van der Waals surface area contributed by atoms with E-state index in [0.29, 0.717) is 6.07 Å². The molecule has 4 nitrogen and oxygen atoms in total. The Hall–Kier alpha value is -1.73. The Morgan fingerprint density at radius 1 is 1.10 bits per heavy atom. The number of hydrogen-bond donors (Lipinski definition) is 1. The maximum absolute atomic E-state index is 12.5. The molecule has 0 bridgehead atoms. The van der Waals surface area contributed by atoms with Crippen molar-refractivity contribution in [1.29, 1.82) is 0 Å². The molecule has 0 spiro atoms. The number of H-pyrrole nitrogens is 1. The Morgan fingerprint density at radius 2 is 1.75 bits per heavy atom. The first-order valence-electron chi connectivity index (χ1n) is 5.09. The number of rotatable bonds is 1. The van der Waals surface area contributed by atoms with Gasteiger partial charge in [0.15, 0.2) is 0 Å². The van der Waals surface area contributed by atoms with E-state index in [-0.39, 0.29) is 15.7 Å². The second-order valence-electron chi connectivity index (χ2n) is 3.76. The fraction of sp³-hybridized carbons (Fsp3) is 0.0909. The lowest BCUT2D eigenvalue weighted by molar-refractivity contribution is -0.137. The van der Waals surface area contributed by atoms with Crippen molar-refractivity contribution in [3.05, 3.63) is 60.6 Å². The second kappa shape index (κ2) is 4.99. The highest BCUT2D eigenvalue weighted by Crippen LogP contribution is 2.32. The monoisotopic (exact) mass is 324 g/mol. The fourth-order valence-corrected chi connectivity index (χ4v) is 1.89. The topological polar surface area (TPSA) is 54.9 Å². The molecule has 0 amide bonds. The first kappa shape index (κ1) is 14.7. The van der Waals surface area contributed by atoms with Crippen LogP contribution in [-0.4, -0.2) is 9.78 Å². The Labute approximate surface area is 119 Å². The Balaban J connectivity index is 2.64. The van der Waals surface area contributed by atoms with Gasteiger partial charge < -0.3 is 0 Å². The van der Waals surface area contributed by atoms with Gasteiger partial charge in [0.1, 0.15) is 5.02 Å². The number of nitrogens with one attached hydrogen (secondary N) is 1. The normalized spacial score (nSPS) is 11.7. The maximum atomic E-state index is 12.5. The number of nitrogens with zero attached hydrogens (tertiary/aromatic N) is 1. The van der Waals surface area contributed by atoms with Gasteiger partial charge in [0.25, 0.3) is 5.43 Å². The minimum atomic E-state index is -4.56. The third-order valence-corrected chi connectivity index (χ3v) is 3.03. The van der Waals surface area contributed by atoms with Crippen LogP contribution < -0.4 is 11.0 Å². The van der Waals surface area contributed by atoms with Gasteiger partial charge in [-0.2, -0.15) is 13.2 Å². The lowest BCUT2D eigenvalue weighted by Crippen LogP contribution is -2.35. The molecule has 20 heavy (non-hydrogen) atoms. The van der Waals surface area contributed by atoms with E-state index in [1.54, 1.807) is 0 Å². The third kappa shape index (κ3) is 2.59. The lowest BCUT2D eigenvalue weighted by Gasteiger charge is -2.11. The van der Waals surface area contributed by atoms with Crippen LogP contribution in [0, 0.1) is 0 Å². The average molecular weight is 325 g/mol. The molecule has 0 aliphatic carbocycles. The summed E-state index contributed by atoms with van der Waals surface area (Å²) < 4.78 is 38.2. The predicted octanol–water partition coefficient (Wildman–Crippen LogP) is 2.85. The summed E-state index contributed by atoms with van der Waals surface area (Å²) >= 11 is 11.2. The molecule has 1 N–H and O–H groups in total. The molecule has 0 saturated heterocycles. The van der Waals surface area contributed by atoms with Crippen LogP contribution in [0.4, 0.5) is 13.2 Å². The summed E-state index contributed by atoms with van der Waals surface area (Å²) in [6, 6.07) is 2.40. The maximum Gasteiger partial charge on any atom is 0.416 e. The summed E-state index contributed by atoms with van der Waals surface area (Å²) in [5.41, 5.74) is -3.07. The smallest absolute Gasteiger partial charge is 0.297 e. The number of halogens is 5. The summed E-state index contributed by atoms with van der Waals surface area (Å²) in [4.78, 5) is 23.1. The summed E-state index contributed by atoms with van der Waals surface area (Å²) in [6.07, 6.45) is -3.51. The highest BCUT2D eigenvalue weighted by Gasteiger charge is 2.31. The lowest BCUT2D eigenvalue weighted by atomic mass is 10.2. The van der Waals surface area contributed by atoms with Gasteiger partial charge in [-0.3, -0.25) is 14.7 Å². The first-order valence-corrected chi connectivity index (χ1v) is 5.85. The highest BCUT2D eigenvalue weighted by atomic mass is 35.5. The molecule has 1 aromatic carbocycles. The summed E-state index contributed by atoms with van der Waals surface area (Å²) in [6.45, 7) is 0. The number of aromatic nitrogens is 2. The Bertz CT molecular complexity index is 780. The van der Waals surface area contributed by atoms with Crippen molar-refractivity contribution in [1.82, 2.24) is 9.78 Å². The Morgan fingerprint density at radius 3 is 2.30 bits per heavy atom. The van der Waals surface area contributed by atoms with E-state index in [0.717, 1.165) is 23.0 Å². The van der Waals surface area contributed by atoms with Gasteiger partial charge >= 0.3 is 11.7 Å². The molecule has 0 fully saturated rings. The molecule has 0 saturated carbocycles. The fourth-order valence-electron chi connectivity index (χ4n) is 1.49. The van der Waals surface area contributed by atoms with Crippen LogP contribution in [0.25, 0.3) is 5.69 Å². The third-order valence-electron chi connectivity index (χ3n) is 2.45. The summed E-state index contributed by atoms with van der Waals surface area (Å²) in [7, 11) is 0. The van der Waals surface area contributed by atoms with Crippen LogP contribution in [0.5, 0.6) is 0 Å². The minimum absolute atomic E-state index is 0.0848. The summed E-state index contributed by atoms with van der Waals surface area (Å²) in [5, 5.41) is 1.71. The molecule has 0 radical (unpaired) electrons. The van der Waals surface area contributed by atoms with Crippen LogP contribution in [-0.2, 0) is 6.18 Å². The van der Waals surface area contributed by atoms with Gasteiger partial charge in [0, 0.05) is 6.20 Å². The van der Waals surface area contributed by atoms with Crippen molar-refractivity contribution < 1.29 is 13.2 Å². The molecule has 1 heterocycles. The van der Waals surface area contributed by atoms with Crippen molar-refractivity contribution in [2.45, 2.75) is 6.18 Å². The van der Waals surface area contributed by atoms with E-state index in [1.165, 1.54) is 0 Å². The van der Waals surface area contributed by atoms with E-state index in [4.69, 9.17) is 23.2 Å². The number of benzene rings is 1. The van der Waals surface area contributed by atoms with E-state index in [1.807, 2.05) is 0 Å². The van der Waals surface area contributed by atoms with Gasteiger partial charge in [-0.1, -0.05) is 23.2 Å². The molecule has 0 atom stereocenters. The zero-order valence-electron chi connectivity index (χ0n) is 9.46. The van der Waals surface area contributed by atoms with Crippen LogP contribution in [0.15, 0.2) is 34.0 Å². The van der Waals surface area contributed by atoms with Gasteiger partial charge in [-0.25, -0.2) is 4.68 Å². The number of hydrogen-bond acceptors (Lipinski definition) is 2. The SMILES string of the molecule is O=c1c(Cl)c[nH]n(-c2ccc(C(F)(F)F)cc2Cl)c1=O. The first-order chi connectivity index (χ1) is 9.21. The van der Waals surface area contributed by atoms with Gasteiger partial charge in [0.05, 0.1) is 16.3 Å². The molecule has 9 heteroatoms. The molecule has 2 rings (SSSR count). The molecular weight excluding hydrogens is 320 g/mol. The average Bonchev–Trinajstić information content (AvgIpc) is 2.36. The van der Waals surface area contributed by atoms with Crippen molar-refractivity contribution in [2.24, 2.45) is 0 Å². The van der Waals surface area contributed by atoms with E-state index in [9.17, 15) is 22.8 Å². The second-order valence-corrected chi connectivity index (χ2v) is 4.57. The largest absolute Gasteiger partial charge is 0.416 e. The zero-order valence-corrected chi connectivity index (χ0v) is 11.0. The number of alkyl halides is 3. The molecular formula is C11H5Cl2F3N2O2. The predicted molar refractivity (Wildman–Crippen MR) is 67.7 cm³/mol. The van der Waals surface area contributed by atoms with Crippen LogP contribution in [0.2, 0.25) is 10.0 Å². The minimum Gasteiger partial charge on any atom is -0.297 e. The van der Waals surface area contributed by atoms with E-state index in [2.05, 4.69) is 5.10 Å². The number of aromatic amines is 1. The molecule has 1 aromatic heterocycles. The van der Waals surface area contributed by atoms with Crippen molar-refractivity contribution in [3.63, 3.8) is 0 Å². The van der Waals surface area contributed by atoms with Crippen molar-refractivity contribution >= 4 is 23.2 Å². The van der Waals surface area contributed by atoms with Gasteiger partial charge in [-0.15, -0.1) is 0 Å². The van der Waals surface area contributed by atoms with E-state index >= 15 is 0 Å². The molecule has 2 aromatic rings. The Kier molecular flexibility index (Phi) is 3.66. The zero-order chi connectivity index (χ0) is 15.1. The summed E-state index contributed by atoms with van der Waals surface area (Å²) in [5.74, 6) is 0. The van der Waals surface area contributed by atoms with Crippen LogP contribution in [0.3, 0.4) is 0 Å². The standard InChI is InChI=1S/C11H5Cl2F3N2O2/c12-6-3-5(11(14,15)16)1-2-8(6)18-10(20)9(19)7(13)4-17-18/h1-4,17H. The molecule has 106 valence electrons. The van der Waals surface area contributed by atoms with Crippen molar-refractivity contribution in [3.8, 4) is 5.69 Å². The van der Waals surface area contributed by atoms with Crippen molar-refractivity contribution in [2.75, 3.05) is 0 Å².